The van der Waals surface area contributed by atoms with Crippen molar-refractivity contribution in [1.82, 2.24) is 0 Å². The Labute approximate surface area is 128 Å². The van der Waals surface area contributed by atoms with E-state index in [0.29, 0.717) is 0 Å². The minimum Gasteiger partial charge on any atom is -0.486 e. The highest BCUT2D eigenvalue weighted by Crippen LogP contribution is 2.29. The van der Waals surface area contributed by atoms with Crippen LogP contribution in [0.4, 0.5) is 5.69 Å². The van der Waals surface area contributed by atoms with Crippen LogP contribution in [0.2, 0.25) is 0 Å². The molecule has 0 aromatic heterocycles. The topological polar surface area (TPSA) is 21.6 Å². The fourth-order valence-corrected chi connectivity index (χ4v) is 1.94. The highest BCUT2D eigenvalue weighted by molar-refractivity contribution is 9.10. The summed E-state index contributed by atoms with van der Waals surface area (Å²) in [5, 5.41) is 0. The quantitative estimate of drug-likeness (QED) is 0.692. The predicted octanol–water partition coefficient (Wildman–Crippen LogP) is 5.38. The molecule has 0 unspecified atom stereocenters. The highest BCUT2D eigenvalue weighted by atomic mass is 79.9. The second-order valence-corrected chi connectivity index (χ2v) is 6.41. The zero-order valence-corrected chi connectivity index (χ0v) is 13.5. The number of rotatable bonds is 3. The first-order valence-electron chi connectivity index (χ1n) is 6.52. The Morgan fingerprint density at radius 3 is 2.30 bits per heavy atom. The Kier molecular flexibility index (Phi) is 4.61. The molecule has 3 heteroatoms. The third kappa shape index (κ3) is 4.49. The molecular weight excluding hydrogens is 314 g/mol. The number of aliphatic imine (C=N–C) groups is 1. The molecule has 0 amide bonds. The van der Waals surface area contributed by atoms with Crippen molar-refractivity contribution in [2.45, 2.75) is 26.4 Å². The van der Waals surface area contributed by atoms with Gasteiger partial charge in [-0.2, -0.15) is 0 Å². The molecule has 0 N–H and O–H groups in total. The summed E-state index contributed by atoms with van der Waals surface area (Å²) in [4.78, 5) is 4.52. The van der Waals surface area contributed by atoms with E-state index in [1.807, 2.05) is 75.5 Å². The van der Waals surface area contributed by atoms with Crippen molar-refractivity contribution in [2.75, 3.05) is 0 Å². The zero-order chi connectivity index (χ0) is 14.6. The number of ether oxygens (including phenoxy) is 1. The molecule has 0 saturated heterocycles. The minimum atomic E-state index is -0.233. The zero-order valence-electron chi connectivity index (χ0n) is 11.9. The lowest BCUT2D eigenvalue weighted by atomic mass is 10.2. The van der Waals surface area contributed by atoms with Gasteiger partial charge in [0.1, 0.15) is 17.0 Å². The molecule has 0 fully saturated rings. The second-order valence-electron chi connectivity index (χ2n) is 5.49. The molecule has 0 atom stereocenters. The average Bonchev–Trinajstić information content (AvgIpc) is 2.38. The Balaban J connectivity index is 2.22. The standard InChI is InChI=1S/C17H18BrNO/c1-17(2,3)20-16-7-5-4-6-15(16)19-12-13-8-10-14(18)11-9-13/h4-12H,1-3H3/b19-12+. The van der Waals surface area contributed by atoms with Gasteiger partial charge in [0.2, 0.25) is 0 Å². The van der Waals surface area contributed by atoms with Crippen molar-refractivity contribution in [3.63, 3.8) is 0 Å². The highest BCUT2D eigenvalue weighted by Gasteiger charge is 2.13. The SMILES string of the molecule is CC(C)(C)Oc1ccccc1/N=C/c1ccc(Br)cc1. The third-order valence-corrected chi connectivity index (χ3v) is 3.03. The van der Waals surface area contributed by atoms with Crippen molar-refractivity contribution in [2.24, 2.45) is 4.99 Å². The first-order valence-corrected chi connectivity index (χ1v) is 7.31. The number of hydrogen-bond acceptors (Lipinski definition) is 2. The molecule has 2 nitrogen and oxygen atoms in total. The van der Waals surface area contributed by atoms with E-state index >= 15 is 0 Å². The molecule has 2 aromatic rings. The molecule has 0 radical (unpaired) electrons. The van der Waals surface area contributed by atoms with Crippen molar-refractivity contribution in [3.05, 3.63) is 58.6 Å². The Bertz CT molecular complexity index is 597. The Morgan fingerprint density at radius 1 is 1.00 bits per heavy atom. The van der Waals surface area contributed by atoms with E-state index in [2.05, 4.69) is 20.9 Å². The van der Waals surface area contributed by atoms with Crippen LogP contribution in [0.5, 0.6) is 5.75 Å². The molecule has 0 saturated carbocycles. The van der Waals surface area contributed by atoms with Crippen LogP contribution in [0.1, 0.15) is 26.3 Å². The van der Waals surface area contributed by atoms with E-state index in [1.54, 1.807) is 0 Å². The maximum Gasteiger partial charge on any atom is 0.145 e. The monoisotopic (exact) mass is 331 g/mol. The van der Waals surface area contributed by atoms with Gasteiger partial charge in [-0.25, -0.2) is 0 Å². The minimum absolute atomic E-state index is 0.233. The molecule has 0 aliphatic rings. The molecule has 104 valence electrons. The van der Waals surface area contributed by atoms with E-state index in [4.69, 9.17) is 4.74 Å². The van der Waals surface area contributed by atoms with Crippen LogP contribution in [0, 0.1) is 0 Å². The van der Waals surface area contributed by atoms with E-state index in [1.165, 1.54) is 0 Å². The summed E-state index contributed by atoms with van der Waals surface area (Å²) in [6, 6.07) is 15.8. The van der Waals surface area contributed by atoms with Crippen LogP contribution >= 0.6 is 15.9 Å². The van der Waals surface area contributed by atoms with Gasteiger partial charge in [-0.15, -0.1) is 0 Å². The summed E-state index contributed by atoms with van der Waals surface area (Å²) in [7, 11) is 0. The normalized spacial score (nSPS) is 11.8. The van der Waals surface area contributed by atoms with Gasteiger partial charge in [-0.3, -0.25) is 4.99 Å². The van der Waals surface area contributed by atoms with E-state index in [-0.39, 0.29) is 5.60 Å². The van der Waals surface area contributed by atoms with Gasteiger partial charge < -0.3 is 4.74 Å². The predicted molar refractivity (Wildman–Crippen MR) is 88.2 cm³/mol. The summed E-state index contributed by atoms with van der Waals surface area (Å²) < 4.78 is 6.98. The van der Waals surface area contributed by atoms with Crippen LogP contribution in [-0.2, 0) is 0 Å². The third-order valence-electron chi connectivity index (χ3n) is 2.50. The molecular formula is C17H18BrNO. The summed E-state index contributed by atoms with van der Waals surface area (Å²) >= 11 is 3.42. The molecule has 0 bridgehead atoms. The summed E-state index contributed by atoms with van der Waals surface area (Å²) in [6.45, 7) is 6.09. The van der Waals surface area contributed by atoms with Gasteiger partial charge in [-0.1, -0.05) is 40.2 Å². The van der Waals surface area contributed by atoms with Gasteiger partial charge >= 0.3 is 0 Å². The first-order chi connectivity index (χ1) is 9.44. The van der Waals surface area contributed by atoms with E-state index < -0.39 is 0 Å². The van der Waals surface area contributed by atoms with Crippen molar-refractivity contribution < 1.29 is 4.74 Å². The van der Waals surface area contributed by atoms with Gasteiger partial charge in [0, 0.05) is 10.7 Å². The fraction of sp³-hybridized carbons (Fsp3) is 0.235. The van der Waals surface area contributed by atoms with Gasteiger partial charge in [0.25, 0.3) is 0 Å². The molecule has 0 aliphatic carbocycles. The number of para-hydroxylation sites is 2. The van der Waals surface area contributed by atoms with Gasteiger partial charge in [-0.05, 0) is 50.6 Å². The maximum absolute atomic E-state index is 5.92. The van der Waals surface area contributed by atoms with Crippen molar-refractivity contribution in [1.29, 1.82) is 0 Å². The number of halogens is 1. The Morgan fingerprint density at radius 2 is 1.65 bits per heavy atom. The van der Waals surface area contributed by atoms with E-state index in [0.717, 1.165) is 21.5 Å². The fourth-order valence-electron chi connectivity index (χ4n) is 1.67. The largest absolute Gasteiger partial charge is 0.486 e. The number of hydrogen-bond donors (Lipinski definition) is 0. The smallest absolute Gasteiger partial charge is 0.145 e. The van der Waals surface area contributed by atoms with Crippen molar-refractivity contribution in [3.8, 4) is 5.75 Å². The van der Waals surface area contributed by atoms with Crippen LogP contribution in [0.25, 0.3) is 0 Å². The first kappa shape index (κ1) is 14.8. The van der Waals surface area contributed by atoms with Crippen LogP contribution in [0.15, 0.2) is 58.0 Å². The Hall–Kier alpha value is -1.61. The lowest BCUT2D eigenvalue weighted by molar-refractivity contribution is 0.132. The van der Waals surface area contributed by atoms with Crippen LogP contribution in [0.3, 0.4) is 0 Å². The molecule has 0 aliphatic heterocycles. The molecule has 20 heavy (non-hydrogen) atoms. The lowest BCUT2D eigenvalue weighted by Crippen LogP contribution is -2.22. The second kappa shape index (κ2) is 6.23. The lowest BCUT2D eigenvalue weighted by Gasteiger charge is -2.22. The summed E-state index contributed by atoms with van der Waals surface area (Å²) in [5.74, 6) is 0.799. The van der Waals surface area contributed by atoms with Crippen LogP contribution in [-0.4, -0.2) is 11.8 Å². The average molecular weight is 332 g/mol. The van der Waals surface area contributed by atoms with Gasteiger partial charge in [0.05, 0.1) is 0 Å². The summed E-state index contributed by atoms with van der Waals surface area (Å²) in [6.07, 6.45) is 1.84. The molecule has 0 heterocycles. The number of benzene rings is 2. The summed E-state index contributed by atoms with van der Waals surface area (Å²) in [5.41, 5.74) is 1.66. The molecule has 0 spiro atoms. The molecule has 2 aromatic carbocycles. The van der Waals surface area contributed by atoms with E-state index in [9.17, 15) is 0 Å². The van der Waals surface area contributed by atoms with Crippen LogP contribution < -0.4 is 4.74 Å². The van der Waals surface area contributed by atoms with Crippen molar-refractivity contribution >= 4 is 27.8 Å². The van der Waals surface area contributed by atoms with Gasteiger partial charge in [0.15, 0.2) is 0 Å². The maximum atomic E-state index is 5.92. The number of nitrogens with zero attached hydrogens (tertiary/aromatic N) is 1. The molecule has 2 rings (SSSR count).